The molecule has 106 valence electrons. The van der Waals surface area contributed by atoms with E-state index in [1.807, 2.05) is 4.90 Å². The molecule has 3 aliphatic rings. The number of hydrogen-bond donors (Lipinski definition) is 0. The predicted molar refractivity (Wildman–Crippen MR) is 72.4 cm³/mol. The lowest BCUT2D eigenvalue weighted by molar-refractivity contribution is -0.139. The van der Waals surface area contributed by atoms with Crippen molar-refractivity contribution in [2.24, 2.45) is 11.8 Å². The van der Waals surface area contributed by atoms with Crippen LogP contribution in [0.4, 0.5) is 0 Å². The Bertz CT molecular complexity index is 382. The molecule has 4 nitrogen and oxygen atoms in total. The Balaban J connectivity index is 1.63. The fraction of sp³-hybridized carbons (Fsp3) is 0.867. The largest absolute Gasteiger partial charge is 0.341 e. The Labute approximate surface area is 115 Å². The van der Waals surface area contributed by atoms with Crippen LogP contribution in [0.15, 0.2) is 0 Å². The van der Waals surface area contributed by atoms with Gasteiger partial charge in [0, 0.05) is 38.0 Å². The van der Waals surface area contributed by atoms with Crippen LogP contribution in [0.3, 0.4) is 0 Å². The summed E-state index contributed by atoms with van der Waals surface area (Å²) >= 11 is 0. The van der Waals surface area contributed by atoms with Gasteiger partial charge in [0.15, 0.2) is 0 Å². The van der Waals surface area contributed by atoms with E-state index in [1.165, 1.54) is 6.42 Å². The summed E-state index contributed by atoms with van der Waals surface area (Å²) in [5, 5.41) is 0. The summed E-state index contributed by atoms with van der Waals surface area (Å²) in [7, 11) is 0. The second-order valence-electron chi connectivity index (χ2n) is 6.44. The molecule has 2 saturated heterocycles. The molecule has 0 radical (unpaired) electrons. The van der Waals surface area contributed by atoms with Gasteiger partial charge in [-0.15, -0.1) is 0 Å². The van der Waals surface area contributed by atoms with Gasteiger partial charge in [0.25, 0.3) is 0 Å². The second-order valence-corrected chi connectivity index (χ2v) is 6.44. The summed E-state index contributed by atoms with van der Waals surface area (Å²) in [6.07, 6.45) is 6.12. The highest BCUT2D eigenvalue weighted by Gasteiger charge is 2.43. The van der Waals surface area contributed by atoms with Gasteiger partial charge in [-0.1, -0.05) is 6.92 Å². The van der Waals surface area contributed by atoms with Gasteiger partial charge in [-0.05, 0) is 38.0 Å². The van der Waals surface area contributed by atoms with E-state index in [9.17, 15) is 9.59 Å². The van der Waals surface area contributed by atoms with Crippen molar-refractivity contribution in [3.05, 3.63) is 0 Å². The maximum absolute atomic E-state index is 12.5. The maximum atomic E-state index is 12.5. The number of amides is 2. The zero-order valence-electron chi connectivity index (χ0n) is 11.8. The Hall–Kier alpha value is -1.06. The van der Waals surface area contributed by atoms with Crippen molar-refractivity contribution in [2.75, 3.05) is 19.6 Å². The van der Waals surface area contributed by atoms with Crippen LogP contribution >= 0.6 is 0 Å². The highest BCUT2D eigenvalue weighted by Crippen LogP contribution is 2.40. The number of carbonyl (C=O) groups is 2. The van der Waals surface area contributed by atoms with Gasteiger partial charge in [0.05, 0.1) is 0 Å². The zero-order valence-corrected chi connectivity index (χ0v) is 11.8. The van der Waals surface area contributed by atoms with Gasteiger partial charge in [0.1, 0.15) is 0 Å². The lowest BCUT2D eigenvalue weighted by atomic mass is 10.0. The van der Waals surface area contributed by atoms with E-state index in [4.69, 9.17) is 0 Å². The molecule has 0 aromatic carbocycles. The normalized spacial score (nSPS) is 34.8. The molecule has 3 atom stereocenters. The van der Waals surface area contributed by atoms with Crippen LogP contribution in [-0.2, 0) is 9.59 Å². The van der Waals surface area contributed by atoms with Crippen LogP contribution in [0.25, 0.3) is 0 Å². The van der Waals surface area contributed by atoms with Crippen LogP contribution in [-0.4, -0.2) is 47.3 Å². The summed E-state index contributed by atoms with van der Waals surface area (Å²) in [4.78, 5) is 28.3. The molecule has 0 unspecified atom stereocenters. The average molecular weight is 264 g/mol. The topological polar surface area (TPSA) is 40.6 Å². The number of likely N-dealkylation sites (tertiary alicyclic amines) is 2. The highest BCUT2D eigenvalue weighted by molar-refractivity contribution is 5.82. The third-order valence-corrected chi connectivity index (χ3v) is 4.94. The molecular formula is C15H24N2O2. The number of carbonyl (C=O) groups excluding carboxylic acids is 2. The first-order valence-corrected chi connectivity index (χ1v) is 7.75. The van der Waals surface area contributed by atoms with E-state index >= 15 is 0 Å². The monoisotopic (exact) mass is 264 g/mol. The van der Waals surface area contributed by atoms with Gasteiger partial charge in [-0.2, -0.15) is 0 Å². The van der Waals surface area contributed by atoms with Gasteiger partial charge in [0.2, 0.25) is 11.8 Å². The van der Waals surface area contributed by atoms with E-state index < -0.39 is 0 Å². The molecule has 1 aliphatic carbocycles. The molecule has 2 heterocycles. The van der Waals surface area contributed by atoms with Crippen LogP contribution in [0, 0.1) is 11.8 Å². The lowest BCUT2D eigenvalue weighted by Crippen LogP contribution is -2.50. The molecule has 0 aromatic heterocycles. The Morgan fingerprint density at radius 2 is 2.05 bits per heavy atom. The molecule has 4 heteroatoms. The maximum Gasteiger partial charge on any atom is 0.226 e. The predicted octanol–water partition coefficient (Wildman–Crippen LogP) is 1.65. The molecular weight excluding hydrogens is 240 g/mol. The first-order chi connectivity index (χ1) is 9.16. The minimum Gasteiger partial charge on any atom is -0.341 e. The van der Waals surface area contributed by atoms with E-state index in [1.54, 1.807) is 0 Å². The highest BCUT2D eigenvalue weighted by atomic mass is 16.2. The second kappa shape index (κ2) is 5.14. The van der Waals surface area contributed by atoms with Gasteiger partial charge >= 0.3 is 0 Å². The molecule has 2 amide bonds. The number of hydrogen-bond acceptors (Lipinski definition) is 2. The molecule has 0 spiro atoms. The average Bonchev–Trinajstić information content (AvgIpc) is 3.01. The molecule has 0 N–H and O–H groups in total. The smallest absolute Gasteiger partial charge is 0.226 e. The van der Waals surface area contributed by atoms with Crippen molar-refractivity contribution in [3.8, 4) is 0 Å². The SMILES string of the molecule is C[C@@H]1C[C@@H]1C(=O)N1CCCC[C@@H]1CN1CCCC1=O. The lowest BCUT2D eigenvalue weighted by Gasteiger charge is -2.38. The number of piperidine rings is 1. The van der Waals surface area contributed by atoms with Crippen molar-refractivity contribution < 1.29 is 9.59 Å². The minimum atomic E-state index is 0.273. The quantitative estimate of drug-likeness (QED) is 0.777. The first-order valence-electron chi connectivity index (χ1n) is 7.75. The van der Waals surface area contributed by atoms with Crippen molar-refractivity contribution in [1.29, 1.82) is 0 Å². The third kappa shape index (κ3) is 2.63. The van der Waals surface area contributed by atoms with Gasteiger partial charge in [-0.3, -0.25) is 9.59 Å². The van der Waals surface area contributed by atoms with Crippen LogP contribution < -0.4 is 0 Å². The summed E-state index contributed by atoms with van der Waals surface area (Å²) < 4.78 is 0. The molecule has 2 aliphatic heterocycles. The van der Waals surface area contributed by atoms with Gasteiger partial charge in [-0.25, -0.2) is 0 Å². The van der Waals surface area contributed by atoms with Crippen molar-refractivity contribution in [3.63, 3.8) is 0 Å². The van der Waals surface area contributed by atoms with E-state index in [0.717, 1.165) is 45.3 Å². The fourth-order valence-corrected chi connectivity index (χ4v) is 3.51. The number of nitrogens with zero attached hydrogens (tertiary/aromatic N) is 2. The molecule has 1 saturated carbocycles. The zero-order chi connectivity index (χ0) is 13.4. The van der Waals surface area contributed by atoms with Crippen molar-refractivity contribution >= 4 is 11.8 Å². The summed E-state index contributed by atoms with van der Waals surface area (Å²) in [5.41, 5.74) is 0. The fourth-order valence-electron chi connectivity index (χ4n) is 3.51. The van der Waals surface area contributed by atoms with Crippen molar-refractivity contribution in [2.45, 2.75) is 51.5 Å². The van der Waals surface area contributed by atoms with Crippen LogP contribution in [0.1, 0.15) is 45.4 Å². The minimum absolute atomic E-state index is 0.273. The molecule has 3 rings (SSSR count). The number of rotatable bonds is 3. The van der Waals surface area contributed by atoms with E-state index in [2.05, 4.69) is 11.8 Å². The van der Waals surface area contributed by atoms with Crippen molar-refractivity contribution in [1.82, 2.24) is 9.80 Å². The van der Waals surface area contributed by atoms with Crippen LogP contribution in [0.5, 0.6) is 0 Å². The van der Waals surface area contributed by atoms with Crippen LogP contribution in [0.2, 0.25) is 0 Å². The summed E-state index contributed by atoms with van der Waals surface area (Å²) in [6, 6.07) is 0.274. The standard InChI is InChI=1S/C15H24N2O2/c1-11-9-13(11)15(19)17-8-3-2-5-12(17)10-16-7-4-6-14(16)18/h11-13H,2-10H2,1H3/t11-,12-,13+/m1/s1. The third-order valence-electron chi connectivity index (χ3n) is 4.94. The molecule has 19 heavy (non-hydrogen) atoms. The molecule has 3 fully saturated rings. The van der Waals surface area contributed by atoms with E-state index in [-0.39, 0.29) is 17.9 Å². The Kier molecular flexibility index (Phi) is 3.50. The Morgan fingerprint density at radius 3 is 2.68 bits per heavy atom. The van der Waals surface area contributed by atoms with Gasteiger partial charge < -0.3 is 9.80 Å². The van der Waals surface area contributed by atoms with E-state index in [0.29, 0.717) is 18.2 Å². The first kappa shape index (κ1) is 12.9. The molecule has 0 aromatic rings. The summed E-state index contributed by atoms with van der Waals surface area (Å²) in [6.45, 7) is 4.71. The Morgan fingerprint density at radius 1 is 1.26 bits per heavy atom. The molecule has 0 bridgehead atoms. The summed E-state index contributed by atoms with van der Waals surface area (Å²) in [5.74, 6) is 1.47.